The molecule has 1 aromatic rings. The van der Waals surface area contributed by atoms with Gasteiger partial charge in [-0.15, -0.1) is 0 Å². The van der Waals surface area contributed by atoms with Gasteiger partial charge in [-0.2, -0.15) is 0 Å². The van der Waals surface area contributed by atoms with Crippen molar-refractivity contribution in [2.24, 2.45) is 11.8 Å². The van der Waals surface area contributed by atoms with Crippen molar-refractivity contribution >= 4 is 17.3 Å². The lowest BCUT2D eigenvalue weighted by molar-refractivity contribution is 0.0698. The van der Waals surface area contributed by atoms with Crippen molar-refractivity contribution < 1.29 is 9.90 Å². The van der Waals surface area contributed by atoms with Crippen molar-refractivity contribution in [3.63, 3.8) is 0 Å². The second kappa shape index (κ2) is 5.51. The molecule has 4 nitrogen and oxygen atoms in total. The van der Waals surface area contributed by atoms with E-state index < -0.39 is 5.97 Å². The van der Waals surface area contributed by atoms with E-state index in [0.29, 0.717) is 11.6 Å². The number of aryl methyl sites for hydroxylation is 1. The summed E-state index contributed by atoms with van der Waals surface area (Å²) in [6.45, 7) is 5.03. The summed E-state index contributed by atoms with van der Waals surface area (Å²) < 4.78 is 0. The normalized spacial score (nSPS) is 22.4. The number of rotatable bonds is 4. The second-order valence-corrected chi connectivity index (χ2v) is 5.72. The van der Waals surface area contributed by atoms with E-state index in [9.17, 15) is 4.79 Å². The molecule has 2 unspecified atom stereocenters. The van der Waals surface area contributed by atoms with Crippen LogP contribution in [0.15, 0.2) is 12.1 Å². The van der Waals surface area contributed by atoms with Crippen LogP contribution in [0.4, 0.5) is 11.4 Å². The maximum Gasteiger partial charge on any atom is 0.337 e. The minimum absolute atomic E-state index is 0.183. The molecule has 1 aliphatic rings. The van der Waals surface area contributed by atoms with Gasteiger partial charge >= 0.3 is 5.97 Å². The molecular weight excluding hydrogens is 240 g/mol. The SMILES string of the molecule is Cc1cc(NCC2CCC(C)C2)cc(C(=O)O)c1N. The lowest BCUT2D eigenvalue weighted by Crippen LogP contribution is -2.13. The van der Waals surface area contributed by atoms with Crippen molar-refractivity contribution in [1.29, 1.82) is 0 Å². The molecule has 4 N–H and O–H groups in total. The number of carboxylic acids is 1. The highest BCUT2D eigenvalue weighted by molar-refractivity contribution is 5.95. The van der Waals surface area contributed by atoms with Crippen LogP contribution in [0.25, 0.3) is 0 Å². The number of carboxylic acid groups (broad SMARTS) is 1. The molecule has 19 heavy (non-hydrogen) atoms. The third-order valence-corrected chi connectivity index (χ3v) is 4.02. The standard InChI is InChI=1S/C15H22N2O2/c1-9-3-4-11(5-9)8-17-12-6-10(2)14(16)13(7-12)15(18)19/h6-7,9,11,17H,3-5,8,16H2,1-2H3,(H,18,19). The Hall–Kier alpha value is -1.71. The number of aromatic carboxylic acids is 1. The Labute approximate surface area is 114 Å². The van der Waals surface area contributed by atoms with Gasteiger partial charge in [0.1, 0.15) is 0 Å². The van der Waals surface area contributed by atoms with Gasteiger partial charge in [0, 0.05) is 17.9 Å². The molecule has 4 heteroatoms. The summed E-state index contributed by atoms with van der Waals surface area (Å²) in [7, 11) is 0. The molecule has 0 spiro atoms. The number of carbonyl (C=O) groups is 1. The first-order valence-corrected chi connectivity index (χ1v) is 6.84. The Balaban J connectivity index is 2.06. The van der Waals surface area contributed by atoms with E-state index in [0.717, 1.165) is 23.7 Å². The van der Waals surface area contributed by atoms with Crippen LogP contribution < -0.4 is 11.1 Å². The highest BCUT2D eigenvalue weighted by atomic mass is 16.4. The van der Waals surface area contributed by atoms with E-state index in [-0.39, 0.29) is 5.56 Å². The van der Waals surface area contributed by atoms with Gasteiger partial charge in [0.15, 0.2) is 0 Å². The zero-order valence-electron chi connectivity index (χ0n) is 11.6. The van der Waals surface area contributed by atoms with Crippen molar-refractivity contribution in [2.75, 3.05) is 17.6 Å². The van der Waals surface area contributed by atoms with Crippen LogP contribution in [0.2, 0.25) is 0 Å². The summed E-state index contributed by atoms with van der Waals surface area (Å²) >= 11 is 0. The first-order valence-electron chi connectivity index (χ1n) is 6.84. The maximum atomic E-state index is 11.1. The largest absolute Gasteiger partial charge is 0.478 e. The molecule has 1 aromatic carbocycles. The first-order chi connectivity index (χ1) is 8.97. The third kappa shape index (κ3) is 3.19. The van der Waals surface area contributed by atoms with Gasteiger partial charge in [0.05, 0.1) is 5.56 Å². The van der Waals surface area contributed by atoms with Crippen LogP contribution in [0.5, 0.6) is 0 Å². The molecule has 0 bridgehead atoms. The number of anilines is 2. The molecule has 1 aliphatic carbocycles. The highest BCUT2D eigenvalue weighted by Gasteiger charge is 2.21. The molecule has 0 aliphatic heterocycles. The summed E-state index contributed by atoms with van der Waals surface area (Å²) in [5.74, 6) is 0.536. The van der Waals surface area contributed by atoms with Crippen molar-refractivity contribution in [1.82, 2.24) is 0 Å². The third-order valence-electron chi connectivity index (χ3n) is 4.02. The number of nitrogens with one attached hydrogen (secondary N) is 1. The molecule has 0 aromatic heterocycles. The Morgan fingerprint density at radius 3 is 2.79 bits per heavy atom. The van der Waals surface area contributed by atoms with Gasteiger partial charge in [0.2, 0.25) is 0 Å². The topological polar surface area (TPSA) is 75.3 Å². The summed E-state index contributed by atoms with van der Waals surface area (Å²) in [4.78, 5) is 11.1. The summed E-state index contributed by atoms with van der Waals surface area (Å²) in [5.41, 5.74) is 7.98. The monoisotopic (exact) mass is 262 g/mol. The van der Waals surface area contributed by atoms with Crippen LogP contribution in [0, 0.1) is 18.8 Å². The molecule has 0 radical (unpaired) electrons. The maximum absolute atomic E-state index is 11.1. The van der Waals surface area contributed by atoms with Crippen molar-refractivity contribution in [2.45, 2.75) is 33.1 Å². The lowest BCUT2D eigenvalue weighted by Gasteiger charge is -2.14. The van der Waals surface area contributed by atoms with E-state index >= 15 is 0 Å². The molecule has 1 saturated carbocycles. The fourth-order valence-electron chi connectivity index (χ4n) is 2.85. The fourth-order valence-corrected chi connectivity index (χ4v) is 2.85. The summed E-state index contributed by atoms with van der Waals surface area (Å²) in [6.07, 6.45) is 3.81. The lowest BCUT2D eigenvalue weighted by atomic mass is 10.0. The van der Waals surface area contributed by atoms with Crippen molar-refractivity contribution in [3.05, 3.63) is 23.3 Å². The fraction of sp³-hybridized carbons (Fsp3) is 0.533. The van der Waals surface area contributed by atoms with Crippen LogP contribution in [0.1, 0.15) is 42.1 Å². The van der Waals surface area contributed by atoms with Crippen LogP contribution in [-0.4, -0.2) is 17.6 Å². The van der Waals surface area contributed by atoms with Gasteiger partial charge in [-0.1, -0.05) is 13.3 Å². The van der Waals surface area contributed by atoms with E-state index in [1.165, 1.54) is 19.3 Å². The number of benzene rings is 1. The number of hydrogen-bond acceptors (Lipinski definition) is 3. The van der Waals surface area contributed by atoms with E-state index in [2.05, 4.69) is 12.2 Å². The number of nitrogens with two attached hydrogens (primary N) is 1. The Morgan fingerprint density at radius 2 is 2.21 bits per heavy atom. The zero-order valence-corrected chi connectivity index (χ0v) is 11.6. The molecule has 0 amide bonds. The van der Waals surface area contributed by atoms with Crippen LogP contribution >= 0.6 is 0 Å². The molecule has 2 rings (SSSR count). The average Bonchev–Trinajstić information content (AvgIpc) is 2.76. The van der Waals surface area contributed by atoms with Crippen LogP contribution in [0.3, 0.4) is 0 Å². The van der Waals surface area contributed by atoms with Gasteiger partial charge in [-0.05, 0) is 49.3 Å². The van der Waals surface area contributed by atoms with Gasteiger partial charge in [-0.25, -0.2) is 4.79 Å². The van der Waals surface area contributed by atoms with Gasteiger partial charge in [0.25, 0.3) is 0 Å². The van der Waals surface area contributed by atoms with E-state index in [1.807, 2.05) is 13.0 Å². The highest BCUT2D eigenvalue weighted by Crippen LogP contribution is 2.31. The zero-order chi connectivity index (χ0) is 14.0. The first kappa shape index (κ1) is 13.7. The molecule has 2 atom stereocenters. The Bertz CT molecular complexity index is 485. The van der Waals surface area contributed by atoms with Gasteiger partial charge < -0.3 is 16.2 Å². The summed E-state index contributed by atoms with van der Waals surface area (Å²) in [5, 5.41) is 12.5. The quantitative estimate of drug-likeness (QED) is 0.729. The number of hydrogen-bond donors (Lipinski definition) is 3. The molecule has 104 valence electrons. The Morgan fingerprint density at radius 1 is 1.47 bits per heavy atom. The van der Waals surface area contributed by atoms with E-state index in [4.69, 9.17) is 10.8 Å². The molecule has 0 heterocycles. The number of nitrogen functional groups attached to an aromatic ring is 1. The predicted molar refractivity (Wildman–Crippen MR) is 77.5 cm³/mol. The predicted octanol–water partition coefficient (Wildman–Crippen LogP) is 3.12. The van der Waals surface area contributed by atoms with Gasteiger partial charge in [-0.3, -0.25) is 0 Å². The van der Waals surface area contributed by atoms with E-state index in [1.54, 1.807) is 6.07 Å². The van der Waals surface area contributed by atoms with Crippen molar-refractivity contribution in [3.8, 4) is 0 Å². The minimum Gasteiger partial charge on any atom is -0.478 e. The second-order valence-electron chi connectivity index (χ2n) is 5.72. The molecule has 1 fully saturated rings. The van der Waals surface area contributed by atoms with Crippen LogP contribution in [-0.2, 0) is 0 Å². The molecule has 0 saturated heterocycles. The average molecular weight is 262 g/mol. The summed E-state index contributed by atoms with van der Waals surface area (Å²) in [6, 6.07) is 3.54. The Kier molecular flexibility index (Phi) is 3.98. The smallest absolute Gasteiger partial charge is 0.337 e. The minimum atomic E-state index is -0.973. The molecular formula is C15H22N2O2.